The number of benzene rings is 8. The van der Waals surface area contributed by atoms with E-state index >= 15 is 0 Å². The molecule has 9 aromatic rings. The normalized spacial score (nSPS) is 16.0. The van der Waals surface area contributed by atoms with Gasteiger partial charge in [-0.2, -0.15) is 0 Å². The van der Waals surface area contributed by atoms with Crippen LogP contribution in [0.4, 0.5) is 17.1 Å². The van der Waals surface area contributed by atoms with Crippen LogP contribution >= 0.6 is 23.1 Å². The molecule has 2 heterocycles. The van der Waals surface area contributed by atoms with Gasteiger partial charge < -0.3 is 4.90 Å². The number of thioether (sulfide) groups is 1. The van der Waals surface area contributed by atoms with Crippen molar-refractivity contribution < 1.29 is 0 Å². The molecule has 1 aliphatic heterocycles. The summed E-state index contributed by atoms with van der Waals surface area (Å²) in [6.07, 6.45) is 13.7. The van der Waals surface area contributed by atoms with Crippen molar-refractivity contribution in [2.45, 2.75) is 28.9 Å². The van der Waals surface area contributed by atoms with Crippen LogP contribution in [0.25, 0.3) is 66.2 Å². The Kier molecular flexibility index (Phi) is 9.66. The molecule has 8 aromatic carbocycles. The van der Waals surface area contributed by atoms with Crippen LogP contribution in [0.15, 0.2) is 223 Å². The zero-order chi connectivity index (χ0) is 41.7. The van der Waals surface area contributed by atoms with Gasteiger partial charge in [-0.05, 0) is 127 Å². The number of allylic oxidation sites excluding steroid dienone is 3. The lowest BCUT2D eigenvalue weighted by molar-refractivity contribution is 0.881. The van der Waals surface area contributed by atoms with Gasteiger partial charge in [0.25, 0.3) is 0 Å². The van der Waals surface area contributed by atoms with Crippen molar-refractivity contribution in [1.29, 1.82) is 0 Å². The Hall–Kier alpha value is -6.91. The van der Waals surface area contributed by atoms with E-state index < -0.39 is 0 Å². The lowest BCUT2D eigenvalue weighted by atomic mass is 9.90. The first-order valence-corrected chi connectivity index (χ1v) is 23.6. The highest BCUT2D eigenvalue weighted by Gasteiger charge is 2.32. The zero-order valence-corrected chi connectivity index (χ0v) is 36.3. The molecule has 3 heteroatoms. The van der Waals surface area contributed by atoms with Gasteiger partial charge in [-0.15, -0.1) is 23.1 Å². The van der Waals surface area contributed by atoms with Crippen LogP contribution in [0.3, 0.4) is 0 Å². The Bertz CT molecular complexity index is 3340. The Morgan fingerprint density at radius 3 is 1.78 bits per heavy atom. The molecule has 0 fully saturated rings. The molecular formula is C60H43NS2. The monoisotopic (exact) mass is 841 g/mol. The van der Waals surface area contributed by atoms with E-state index in [-0.39, 0.29) is 0 Å². The Labute approximate surface area is 377 Å². The van der Waals surface area contributed by atoms with E-state index in [1.54, 1.807) is 0 Å². The van der Waals surface area contributed by atoms with Crippen molar-refractivity contribution in [3.63, 3.8) is 0 Å². The predicted octanol–water partition coefficient (Wildman–Crippen LogP) is 15.5. The first-order valence-electron chi connectivity index (χ1n) is 21.9. The molecule has 0 saturated heterocycles. The molecule has 0 saturated carbocycles. The highest BCUT2D eigenvalue weighted by atomic mass is 32.2. The van der Waals surface area contributed by atoms with Crippen molar-refractivity contribution in [2.75, 3.05) is 4.90 Å². The van der Waals surface area contributed by atoms with E-state index in [9.17, 15) is 0 Å². The maximum Gasteiger partial charge on any atom is 0.0467 e. The van der Waals surface area contributed by atoms with Crippen molar-refractivity contribution in [2.24, 2.45) is 0 Å². The summed E-state index contributed by atoms with van der Waals surface area (Å²) in [5.41, 5.74) is 17.4. The third-order valence-corrected chi connectivity index (χ3v) is 15.6. The summed E-state index contributed by atoms with van der Waals surface area (Å²) < 4.78 is 2.80. The van der Waals surface area contributed by atoms with Crippen LogP contribution in [0, 0.1) is 0 Å². The fraction of sp³-hybridized carbons (Fsp3) is 0.0667. The van der Waals surface area contributed by atoms with E-state index in [4.69, 9.17) is 0 Å². The number of anilines is 3. The molecule has 0 amide bonds. The second kappa shape index (κ2) is 16.1. The minimum atomic E-state index is 0.464. The summed E-state index contributed by atoms with van der Waals surface area (Å²) in [6, 6.07) is 71.6. The molecule has 0 radical (unpaired) electrons. The number of hydrogen-bond acceptors (Lipinski definition) is 3. The van der Waals surface area contributed by atoms with E-state index in [0.717, 1.165) is 29.9 Å². The Morgan fingerprint density at radius 2 is 1.05 bits per heavy atom. The topological polar surface area (TPSA) is 3.24 Å². The van der Waals surface area contributed by atoms with Gasteiger partial charge in [0.15, 0.2) is 0 Å². The second-order valence-corrected chi connectivity index (χ2v) is 18.9. The first kappa shape index (κ1) is 37.8. The van der Waals surface area contributed by atoms with Crippen LogP contribution in [0.5, 0.6) is 0 Å². The van der Waals surface area contributed by atoms with Crippen LogP contribution in [-0.2, 0) is 0 Å². The summed E-state index contributed by atoms with van der Waals surface area (Å²) >= 11 is 3.93. The third kappa shape index (κ3) is 6.99. The highest BCUT2D eigenvalue weighted by molar-refractivity contribution is 8.00. The molecule has 0 spiro atoms. The molecule has 12 rings (SSSR count). The minimum absolute atomic E-state index is 0.464. The largest absolute Gasteiger partial charge is 0.310 e. The van der Waals surface area contributed by atoms with Gasteiger partial charge >= 0.3 is 0 Å². The van der Waals surface area contributed by atoms with Crippen molar-refractivity contribution >= 4 is 61.9 Å². The smallest absolute Gasteiger partial charge is 0.0467 e. The number of rotatable bonds is 8. The van der Waals surface area contributed by atoms with Gasteiger partial charge in [0.1, 0.15) is 0 Å². The van der Waals surface area contributed by atoms with Gasteiger partial charge in [0.2, 0.25) is 0 Å². The molecule has 0 N–H and O–H groups in total. The van der Waals surface area contributed by atoms with Crippen LogP contribution in [-0.4, -0.2) is 5.25 Å². The van der Waals surface area contributed by atoms with Gasteiger partial charge in [-0.3, -0.25) is 0 Å². The molecule has 1 aromatic heterocycles. The Balaban J connectivity index is 0.849. The fourth-order valence-electron chi connectivity index (χ4n) is 9.75. The Morgan fingerprint density at radius 1 is 0.460 bits per heavy atom. The van der Waals surface area contributed by atoms with Gasteiger partial charge in [0, 0.05) is 42.4 Å². The van der Waals surface area contributed by atoms with Crippen molar-refractivity contribution in [3.05, 3.63) is 239 Å². The van der Waals surface area contributed by atoms with E-state index in [1.807, 2.05) is 23.1 Å². The van der Waals surface area contributed by atoms with Crippen molar-refractivity contribution in [1.82, 2.24) is 0 Å². The molecule has 2 unspecified atom stereocenters. The van der Waals surface area contributed by atoms with Crippen LogP contribution in [0.2, 0.25) is 0 Å². The van der Waals surface area contributed by atoms with E-state index in [2.05, 4.69) is 229 Å². The molecule has 0 bridgehead atoms. The summed E-state index contributed by atoms with van der Waals surface area (Å²) in [5, 5.41) is 3.28. The molecule has 2 atom stereocenters. The summed E-state index contributed by atoms with van der Waals surface area (Å²) in [5.74, 6) is 0.464. The molecule has 1 nitrogen and oxygen atoms in total. The summed E-state index contributed by atoms with van der Waals surface area (Å²) in [6.45, 7) is 0. The zero-order valence-electron chi connectivity index (χ0n) is 34.7. The number of thiophene rings is 1. The second-order valence-electron chi connectivity index (χ2n) is 16.7. The average Bonchev–Trinajstić information content (AvgIpc) is 3.94. The van der Waals surface area contributed by atoms with Crippen molar-refractivity contribution in [3.8, 4) is 44.5 Å². The lowest BCUT2D eigenvalue weighted by Gasteiger charge is -2.26. The highest BCUT2D eigenvalue weighted by Crippen LogP contribution is 2.51. The van der Waals surface area contributed by atoms with Crippen LogP contribution in [0.1, 0.15) is 29.9 Å². The van der Waals surface area contributed by atoms with Crippen LogP contribution < -0.4 is 14.7 Å². The summed E-state index contributed by atoms with van der Waals surface area (Å²) in [4.78, 5) is 3.79. The minimum Gasteiger partial charge on any atom is -0.310 e. The number of fused-ring (bicyclic) bond motifs is 6. The molecule has 63 heavy (non-hydrogen) atoms. The van der Waals surface area contributed by atoms with Gasteiger partial charge in [-0.25, -0.2) is 0 Å². The summed E-state index contributed by atoms with van der Waals surface area (Å²) in [7, 11) is 0. The molecule has 3 aliphatic rings. The lowest BCUT2D eigenvalue weighted by Crippen LogP contribution is -2.24. The average molecular weight is 842 g/mol. The van der Waals surface area contributed by atoms with E-state index in [1.165, 1.54) is 85.9 Å². The maximum atomic E-state index is 2.43. The van der Waals surface area contributed by atoms with E-state index in [0.29, 0.717) is 11.2 Å². The quantitative estimate of drug-likeness (QED) is 0.150. The van der Waals surface area contributed by atoms with Gasteiger partial charge in [-0.1, -0.05) is 182 Å². The number of nitrogens with zero attached hydrogens (tertiary/aromatic N) is 1. The number of hydrogen-bond donors (Lipinski definition) is 0. The molecule has 300 valence electrons. The fourth-order valence-corrected chi connectivity index (χ4v) is 12.5. The molecule has 2 aliphatic carbocycles. The van der Waals surface area contributed by atoms with Gasteiger partial charge in [0.05, 0.1) is 0 Å². The third-order valence-electron chi connectivity index (χ3n) is 13.0. The predicted molar refractivity (Wildman–Crippen MR) is 271 cm³/mol. The standard InChI is InChI=1S/C60H43NS2/c1-2-11-40(12-3-1)47-13-8-14-50(39-47)61(48-35-31-43(32-36-48)41-23-27-45(28-24-41)51-17-9-19-55-53-15-4-6-21-57(53)62-59(51)55)49-37-33-44(34-38-49)42-25-29-46(30-26-42)52-18-10-20-56-54-16-5-7-22-58(54)63-60(52)56/h1-9,11-17,19-39,53,57H,10,18H2. The first-order chi connectivity index (χ1) is 31.2. The molecular weight excluding hydrogens is 799 g/mol. The SMILES string of the molecule is C1=CC2Sc3c(-c4ccc(-c5ccc(N(c6ccc(-c7ccc(C8=c9sc%10ccccc%10c9=CCC8)cc7)cc6)c6cccc(-c7ccccc7)c6)cc5)cc4)cccc3C2C=C1. The maximum absolute atomic E-state index is 2.43.